The van der Waals surface area contributed by atoms with Crippen LogP contribution in [0.2, 0.25) is 0 Å². The fourth-order valence-electron chi connectivity index (χ4n) is 2.83. The molecule has 2 N–H and O–H groups in total. The summed E-state index contributed by atoms with van der Waals surface area (Å²) in [7, 11) is 0. The summed E-state index contributed by atoms with van der Waals surface area (Å²) < 4.78 is 42.9. The van der Waals surface area contributed by atoms with Gasteiger partial charge in [0.25, 0.3) is 5.56 Å². The molecule has 2 heterocycles. The van der Waals surface area contributed by atoms with Crippen LogP contribution in [0.3, 0.4) is 0 Å². The number of hydrogen-bond acceptors (Lipinski definition) is 3. The number of benzene rings is 1. The first-order chi connectivity index (χ1) is 10.4. The Bertz CT molecular complexity index is 688. The largest absolute Gasteiger partial charge is 0.416 e. The second-order valence-corrected chi connectivity index (χ2v) is 5.46. The SMILES string of the molecule is O=c1cc([C@@H]2CCN[C@@H](c3ccc(C(F)(F)F)cc3)C2)o[nH]1. The van der Waals surface area contributed by atoms with E-state index in [-0.39, 0.29) is 17.5 Å². The van der Waals surface area contributed by atoms with Gasteiger partial charge in [-0.25, -0.2) is 0 Å². The molecule has 0 aliphatic carbocycles. The number of piperidine rings is 1. The van der Waals surface area contributed by atoms with Gasteiger partial charge in [0.05, 0.1) is 5.56 Å². The maximum atomic E-state index is 12.6. The van der Waals surface area contributed by atoms with E-state index in [1.54, 1.807) is 0 Å². The minimum absolute atomic E-state index is 0.0544. The number of hydrogen-bond donors (Lipinski definition) is 2. The standard InChI is InChI=1S/C15H15F3N2O2/c16-15(17,18)11-3-1-9(2-4-11)12-7-10(5-6-19-12)13-8-14(21)20-22-13/h1-4,8,10,12,19H,5-7H2,(H,20,21)/t10-,12-/m1/s1. The second kappa shape index (κ2) is 5.64. The first-order valence-corrected chi connectivity index (χ1v) is 7.02. The fourth-order valence-corrected chi connectivity index (χ4v) is 2.83. The number of nitrogens with one attached hydrogen (secondary N) is 2. The maximum Gasteiger partial charge on any atom is 0.416 e. The van der Waals surface area contributed by atoms with Crippen molar-refractivity contribution >= 4 is 0 Å². The molecule has 0 saturated carbocycles. The Labute approximate surface area is 124 Å². The van der Waals surface area contributed by atoms with Gasteiger partial charge in [0.2, 0.25) is 0 Å². The van der Waals surface area contributed by atoms with Gasteiger partial charge < -0.3 is 9.84 Å². The summed E-state index contributed by atoms with van der Waals surface area (Å²) in [6.07, 6.45) is -2.83. The quantitative estimate of drug-likeness (QED) is 0.895. The Kier molecular flexibility index (Phi) is 3.82. The highest BCUT2D eigenvalue weighted by Crippen LogP contribution is 2.35. The molecule has 0 amide bonds. The molecule has 1 aromatic heterocycles. The molecule has 3 rings (SSSR count). The van der Waals surface area contributed by atoms with E-state index in [9.17, 15) is 18.0 Å². The Balaban J connectivity index is 1.76. The Morgan fingerprint density at radius 1 is 1.18 bits per heavy atom. The Morgan fingerprint density at radius 3 is 2.50 bits per heavy atom. The predicted molar refractivity (Wildman–Crippen MR) is 73.5 cm³/mol. The average Bonchev–Trinajstić information content (AvgIpc) is 2.93. The van der Waals surface area contributed by atoms with Crippen molar-refractivity contribution in [2.45, 2.75) is 31.0 Å². The lowest BCUT2D eigenvalue weighted by molar-refractivity contribution is -0.137. The van der Waals surface area contributed by atoms with Crippen LogP contribution in [0.4, 0.5) is 13.2 Å². The number of H-pyrrole nitrogens is 1. The zero-order valence-electron chi connectivity index (χ0n) is 11.6. The molecule has 0 radical (unpaired) electrons. The van der Waals surface area contributed by atoms with Gasteiger partial charge in [0.1, 0.15) is 5.76 Å². The molecule has 1 saturated heterocycles. The van der Waals surface area contributed by atoms with Crippen LogP contribution in [-0.4, -0.2) is 11.7 Å². The minimum atomic E-state index is -4.32. The van der Waals surface area contributed by atoms with E-state index in [0.717, 1.165) is 24.1 Å². The van der Waals surface area contributed by atoms with E-state index in [1.807, 2.05) is 0 Å². The second-order valence-electron chi connectivity index (χ2n) is 5.46. The summed E-state index contributed by atoms with van der Waals surface area (Å²) in [4.78, 5) is 11.1. The summed E-state index contributed by atoms with van der Waals surface area (Å²) in [6, 6.07) is 6.56. The van der Waals surface area contributed by atoms with Crippen molar-refractivity contribution in [3.8, 4) is 0 Å². The van der Waals surface area contributed by atoms with Gasteiger partial charge in [-0.1, -0.05) is 12.1 Å². The summed E-state index contributed by atoms with van der Waals surface area (Å²) in [5, 5.41) is 5.56. The Hall–Kier alpha value is -2.02. The fraction of sp³-hybridized carbons (Fsp3) is 0.400. The van der Waals surface area contributed by atoms with Crippen LogP contribution in [0.15, 0.2) is 39.6 Å². The third-order valence-corrected chi connectivity index (χ3v) is 3.99. The van der Waals surface area contributed by atoms with Crippen molar-refractivity contribution in [1.29, 1.82) is 0 Å². The van der Waals surface area contributed by atoms with Gasteiger partial charge >= 0.3 is 6.18 Å². The number of aromatic nitrogens is 1. The highest BCUT2D eigenvalue weighted by molar-refractivity contribution is 5.27. The molecule has 1 aromatic carbocycles. The topological polar surface area (TPSA) is 58.0 Å². The van der Waals surface area contributed by atoms with Gasteiger partial charge in [-0.15, -0.1) is 0 Å². The molecule has 2 aromatic rings. The van der Waals surface area contributed by atoms with E-state index in [2.05, 4.69) is 10.5 Å². The first-order valence-electron chi connectivity index (χ1n) is 7.02. The smallest absolute Gasteiger partial charge is 0.383 e. The van der Waals surface area contributed by atoms with E-state index in [1.165, 1.54) is 18.2 Å². The summed E-state index contributed by atoms with van der Waals surface area (Å²) in [6.45, 7) is 0.714. The van der Waals surface area contributed by atoms with E-state index < -0.39 is 11.7 Å². The number of alkyl halides is 3. The molecule has 0 bridgehead atoms. The molecule has 22 heavy (non-hydrogen) atoms. The normalized spacial score (nSPS) is 22.7. The van der Waals surface area contributed by atoms with E-state index >= 15 is 0 Å². The van der Waals surface area contributed by atoms with Crippen LogP contribution in [0.25, 0.3) is 0 Å². The number of rotatable bonds is 2. The molecule has 0 unspecified atom stereocenters. The minimum Gasteiger partial charge on any atom is -0.383 e. The molecule has 4 nitrogen and oxygen atoms in total. The third-order valence-electron chi connectivity index (χ3n) is 3.99. The predicted octanol–water partition coefficient (Wildman–Crippen LogP) is 3.20. The van der Waals surface area contributed by atoms with Crippen molar-refractivity contribution in [1.82, 2.24) is 10.5 Å². The zero-order chi connectivity index (χ0) is 15.7. The highest BCUT2D eigenvalue weighted by atomic mass is 19.4. The molecule has 2 atom stereocenters. The van der Waals surface area contributed by atoms with Crippen molar-refractivity contribution in [3.63, 3.8) is 0 Å². The number of aromatic amines is 1. The van der Waals surface area contributed by atoms with Crippen LogP contribution in [0.1, 0.15) is 41.7 Å². The number of halogens is 3. The monoisotopic (exact) mass is 312 g/mol. The van der Waals surface area contributed by atoms with Crippen molar-refractivity contribution in [3.05, 3.63) is 57.6 Å². The van der Waals surface area contributed by atoms with E-state index in [0.29, 0.717) is 18.7 Å². The third kappa shape index (κ3) is 3.09. The summed E-state index contributed by atoms with van der Waals surface area (Å²) >= 11 is 0. The van der Waals surface area contributed by atoms with Crippen LogP contribution in [-0.2, 0) is 6.18 Å². The first kappa shape index (κ1) is 14.9. The van der Waals surface area contributed by atoms with Gasteiger partial charge in [-0.2, -0.15) is 18.3 Å². The van der Waals surface area contributed by atoms with Gasteiger partial charge in [-0.3, -0.25) is 4.79 Å². The summed E-state index contributed by atoms with van der Waals surface area (Å²) in [5.41, 5.74) is -0.129. The van der Waals surface area contributed by atoms with Crippen molar-refractivity contribution in [2.24, 2.45) is 0 Å². The molecular weight excluding hydrogens is 297 g/mol. The van der Waals surface area contributed by atoms with Crippen molar-refractivity contribution in [2.75, 3.05) is 6.54 Å². The van der Waals surface area contributed by atoms with Crippen LogP contribution in [0.5, 0.6) is 0 Å². The molecule has 118 valence electrons. The average molecular weight is 312 g/mol. The lowest BCUT2D eigenvalue weighted by atomic mass is 9.87. The lowest BCUT2D eigenvalue weighted by Crippen LogP contribution is -2.30. The van der Waals surface area contributed by atoms with Crippen LogP contribution >= 0.6 is 0 Å². The lowest BCUT2D eigenvalue weighted by Gasteiger charge is -2.29. The summed E-state index contributed by atoms with van der Waals surface area (Å²) in [5.74, 6) is 0.677. The molecule has 0 spiro atoms. The van der Waals surface area contributed by atoms with Gasteiger partial charge in [0.15, 0.2) is 0 Å². The van der Waals surface area contributed by atoms with Crippen LogP contribution < -0.4 is 10.9 Å². The molecule has 7 heteroatoms. The van der Waals surface area contributed by atoms with E-state index in [4.69, 9.17) is 4.52 Å². The van der Waals surface area contributed by atoms with Gasteiger partial charge in [0, 0.05) is 18.0 Å². The molecule has 1 aliphatic heterocycles. The van der Waals surface area contributed by atoms with Gasteiger partial charge in [-0.05, 0) is 37.1 Å². The molecule has 1 fully saturated rings. The van der Waals surface area contributed by atoms with Crippen molar-refractivity contribution < 1.29 is 17.7 Å². The molecular formula is C15H15F3N2O2. The zero-order valence-corrected chi connectivity index (χ0v) is 11.6. The Morgan fingerprint density at radius 2 is 1.91 bits per heavy atom. The van der Waals surface area contributed by atoms with Crippen LogP contribution in [0, 0.1) is 0 Å². The molecule has 1 aliphatic rings. The highest BCUT2D eigenvalue weighted by Gasteiger charge is 2.31. The maximum absolute atomic E-state index is 12.6.